The lowest BCUT2D eigenvalue weighted by Gasteiger charge is -2.26. The van der Waals surface area contributed by atoms with Gasteiger partial charge in [0.15, 0.2) is 0 Å². The molecular weight excluding hydrogens is 456 g/mol. The maximum Gasteiger partial charge on any atom is 0.267 e. The third-order valence-corrected chi connectivity index (χ3v) is 6.97. The fraction of sp³-hybridized carbons (Fsp3) is 0.238. The lowest BCUT2D eigenvalue weighted by atomic mass is 10.2. The topological polar surface area (TPSA) is 132 Å². The molecule has 1 aliphatic heterocycles. The number of ether oxygens (including phenoxy) is 1. The number of amides is 1. The Hall–Kier alpha value is -3.10. The van der Waals surface area contributed by atoms with E-state index in [-0.39, 0.29) is 40.0 Å². The van der Waals surface area contributed by atoms with Crippen LogP contribution in [0.5, 0.6) is 5.75 Å². The summed E-state index contributed by atoms with van der Waals surface area (Å²) in [6.07, 6.45) is 1.15. The van der Waals surface area contributed by atoms with Gasteiger partial charge in [0.2, 0.25) is 10.0 Å². The molecule has 1 saturated heterocycles. The van der Waals surface area contributed by atoms with Gasteiger partial charge >= 0.3 is 0 Å². The molecule has 3 rings (SSSR count). The summed E-state index contributed by atoms with van der Waals surface area (Å²) in [7, 11) is -3.74. The van der Waals surface area contributed by atoms with Crippen LogP contribution in [0, 0.1) is 18.3 Å². The van der Waals surface area contributed by atoms with Crippen LogP contribution in [-0.2, 0) is 19.6 Å². The van der Waals surface area contributed by atoms with Gasteiger partial charge < -0.3 is 20.5 Å². The zero-order valence-electron chi connectivity index (χ0n) is 17.1. The maximum absolute atomic E-state index is 12.9. The van der Waals surface area contributed by atoms with Gasteiger partial charge in [-0.25, -0.2) is 8.42 Å². The number of rotatable bonds is 6. The van der Waals surface area contributed by atoms with Gasteiger partial charge in [0.1, 0.15) is 17.4 Å². The molecule has 0 spiro atoms. The average Bonchev–Trinajstić information content (AvgIpc) is 2.77. The highest BCUT2D eigenvalue weighted by Crippen LogP contribution is 2.28. The molecule has 3 N–H and O–H groups in total. The standard InChI is InChI=1S/C21H21ClN4O5S/c1-14-10-16(27)2-5-19(14)25-21(28)15(12-23)13-24-20-11-17(3-4-18(20)22)32(29,30)26-6-8-31-9-7-26/h2-5,10-11,13,24,27H,6-9H2,1H3,(H,25,28)/b15-13-. The Morgan fingerprint density at radius 3 is 2.59 bits per heavy atom. The molecule has 0 radical (unpaired) electrons. The molecule has 0 unspecified atom stereocenters. The minimum atomic E-state index is -3.74. The van der Waals surface area contributed by atoms with Crippen LogP contribution in [0.15, 0.2) is 53.1 Å². The largest absolute Gasteiger partial charge is 0.508 e. The third kappa shape index (κ3) is 5.38. The monoisotopic (exact) mass is 476 g/mol. The van der Waals surface area contributed by atoms with Crippen molar-refractivity contribution in [1.82, 2.24) is 4.31 Å². The zero-order chi connectivity index (χ0) is 23.3. The number of carbonyl (C=O) groups is 1. The van der Waals surface area contributed by atoms with Crippen LogP contribution < -0.4 is 10.6 Å². The second-order valence-electron chi connectivity index (χ2n) is 6.93. The van der Waals surface area contributed by atoms with Crippen LogP contribution in [0.4, 0.5) is 11.4 Å². The Morgan fingerprint density at radius 2 is 1.94 bits per heavy atom. The van der Waals surface area contributed by atoms with Crippen molar-refractivity contribution in [3.05, 3.63) is 58.8 Å². The second kappa shape index (κ2) is 10.0. The summed E-state index contributed by atoms with van der Waals surface area (Å²) in [4.78, 5) is 12.5. The highest BCUT2D eigenvalue weighted by atomic mass is 35.5. The Kier molecular flexibility index (Phi) is 7.37. The molecule has 0 atom stereocenters. The fourth-order valence-electron chi connectivity index (χ4n) is 2.99. The zero-order valence-corrected chi connectivity index (χ0v) is 18.7. The van der Waals surface area contributed by atoms with E-state index in [1.807, 2.05) is 0 Å². The van der Waals surface area contributed by atoms with Gasteiger partial charge in [-0.3, -0.25) is 4.79 Å². The van der Waals surface area contributed by atoms with Crippen LogP contribution in [0.2, 0.25) is 5.02 Å². The van der Waals surface area contributed by atoms with Crippen LogP contribution in [0.25, 0.3) is 0 Å². The van der Waals surface area contributed by atoms with Crippen molar-refractivity contribution in [3.8, 4) is 11.8 Å². The summed E-state index contributed by atoms with van der Waals surface area (Å²) in [5, 5.41) is 24.4. The fourth-order valence-corrected chi connectivity index (χ4v) is 4.59. The SMILES string of the molecule is Cc1cc(O)ccc1NC(=O)/C(C#N)=C\Nc1cc(S(=O)(=O)N2CCOCC2)ccc1Cl. The quantitative estimate of drug-likeness (QED) is 0.332. The first-order chi connectivity index (χ1) is 15.2. The van der Waals surface area contributed by atoms with Crippen molar-refractivity contribution < 1.29 is 23.1 Å². The summed E-state index contributed by atoms with van der Waals surface area (Å²) in [5.74, 6) is -0.623. The van der Waals surface area contributed by atoms with E-state index in [2.05, 4.69) is 10.6 Å². The number of hydrogen-bond acceptors (Lipinski definition) is 7. The van der Waals surface area contributed by atoms with E-state index < -0.39 is 15.9 Å². The molecule has 0 aromatic heterocycles. The van der Waals surface area contributed by atoms with Gasteiger partial charge in [-0.05, 0) is 48.9 Å². The number of nitriles is 1. The van der Waals surface area contributed by atoms with Gasteiger partial charge in [0.05, 0.1) is 28.8 Å². The first-order valence-electron chi connectivity index (χ1n) is 9.57. The summed E-state index contributed by atoms with van der Waals surface area (Å²) >= 11 is 6.18. The summed E-state index contributed by atoms with van der Waals surface area (Å²) in [6, 6.07) is 10.4. The van der Waals surface area contributed by atoms with Crippen molar-refractivity contribution in [3.63, 3.8) is 0 Å². The predicted octanol–water partition coefficient (Wildman–Crippen LogP) is 2.83. The van der Waals surface area contributed by atoms with Crippen molar-refractivity contribution in [2.45, 2.75) is 11.8 Å². The minimum absolute atomic E-state index is 0.0300. The number of aryl methyl sites for hydroxylation is 1. The lowest BCUT2D eigenvalue weighted by Crippen LogP contribution is -2.40. The average molecular weight is 477 g/mol. The van der Waals surface area contributed by atoms with E-state index in [9.17, 15) is 23.6 Å². The molecular formula is C21H21ClN4O5S. The number of benzene rings is 2. The van der Waals surface area contributed by atoms with E-state index in [4.69, 9.17) is 16.3 Å². The molecule has 0 bridgehead atoms. The molecule has 32 heavy (non-hydrogen) atoms. The van der Waals surface area contributed by atoms with Gasteiger partial charge in [-0.1, -0.05) is 11.6 Å². The maximum atomic E-state index is 12.9. The number of nitrogens with one attached hydrogen (secondary N) is 2. The number of nitrogens with zero attached hydrogens (tertiary/aromatic N) is 2. The van der Waals surface area contributed by atoms with E-state index in [1.165, 1.54) is 40.7 Å². The summed E-state index contributed by atoms with van der Waals surface area (Å²) in [5.41, 5.74) is 1.02. The predicted molar refractivity (Wildman–Crippen MR) is 120 cm³/mol. The smallest absolute Gasteiger partial charge is 0.267 e. The van der Waals surface area contributed by atoms with Gasteiger partial charge in [0, 0.05) is 25.0 Å². The van der Waals surface area contributed by atoms with Crippen LogP contribution in [0.1, 0.15) is 5.56 Å². The number of halogens is 1. The Balaban J connectivity index is 1.80. The van der Waals surface area contributed by atoms with Crippen LogP contribution in [0.3, 0.4) is 0 Å². The van der Waals surface area contributed by atoms with Crippen molar-refractivity contribution >= 4 is 38.9 Å². The summed E-state index contributed by atoms with van der Waals surface area (Å²) in [6.45, 7) is 2.85. The number of phenols is 1. The van der Waals surface area contributed by atoms with Crippen LogP contribution in [-0.4, -0.2) is 50.0 Å². The summed E-state index contributed by atoms with van der Waals surface area (Å²) < 4.78 is 32.3. The van der Waals surface area contributed by atoms with Crippen LogP contribution >= 0.6 is 11.6 Å². The molecule has 1 aliphatic rings. The Morgan fingerprint density at radius 1 is 1.22 bits per heavy atom. The molecule has 11 heteroatoms. The lowest BCUT2D eigenvalue weighted by molar-refractivity contribution is -0.112. The molecule has 2 aromatic rings. The highest BCUT2D eigenvalue weighted by molar-refractivity contribution is 7.89. The molecule has 9 nitrogen and oxygen atoms in total. The number of carbonyl (C=O) groups excluding carboxylic acids is 1. The number of aromatic hydroxyl groups is 1. The molecule has 2 aromatic carbocycles. The Labute approximate surface area is 190 Å². The first kappa shape index (κ1) is 23.6. The normalized spacial score (nSPS) is 15.1. The number of anilines is 2. The van der Waals surface area contributed by atoms with E-state index in [0.717, 1.165) is 6.20 Å². The molecule has 0 saturated carbocycles. The van der Waals surface area contributed by atoms with E-state index in [1.54, 1.807) is 13.0 Å². The molecule has 1 fully saturated rings. The van der Waals surface area contributed by atoms with Crippen molar-refractivity contribution in [1.29, 1.82) is 5.26 Å². The van der Waals surface area contributed by atoms with Crippen molar-refractivity contribution in [2.75, 3.05) is 36.9 Å². The molecule has 1 amide bonds. The van der Waals surface area contributed by atoms with Gasteiger partial charge in [0.25, 0.3) is 5.91 Å². The minimum Gasteiger partial charge on any atom is -0.508 e. The van der Waals surface area contributed by atoms with E-state index >= 15 is 0 Å². The second-order valence-corrected chi connectivity index (χ2v) is 9.27. The number of sulfonamides is 1. The van der Waals surface area contributed by atoms with Gasteiger partial charge in [-0.15, -0.1) is 0 Å². The van der Waals surface area contributed by atoms with Crippen molar-refractivity contribution in [2.24, 2.45) is 0 Å². The molecule has 0 aliphatic carbocycles. The van der Waals surface area contributed by atoms with Gasteiger partial charge in [-0.2, -0.15) is 9.57 Å². The van der Waals surface area contributed by atoms with E-state index in [0.29, 0.717) is 24.5 Å². The first-order valence-corrected chi connectivity index (χ1v) is 11.4. The molecule has 1 heterocycles. The highest BCUT2D eigenvalue weighted by Gasteiger charge is 2.26. The molecule has 168 valence electrons. The third-order valence-electron chi connectivity index (χ3n) is 4.74. The number of morpholine rings is 1. The Bertz CT molecular complexity index is 1200. The number of hydrogen-bond donors (Lipinski definition) is 3. The number of phenolic OH excluding ortho intramolecular Hbond substituents is 1.